The van der Waals surface area contributed by atoms with E-state index in [0.717, 1.165) is 81.4 Å². The van der Waals surface area contributed by atoms with Crippen molar-refractivity contribution in [2.45, 2.75) is 69.6 Å². The second kappa shape index (κ2) is 11.4. The topological polar surface area (TPSA) is 108 Å². The molecule has 1 saturated carbocycles. The van der Waals surface area contributed by atoms with Gasteiger partial charge in [0, 0.05) is 56.7 Å². The van der Waals surface area contributed by atoms with Gasteiger partial charge in [0.1, 0.15) is 17.8 Å². The van der Waals surface area contributed by atoms with Gasteiger partial charge in [0.25, 0.3) is 0 Å². The maximum Gasteiger partial charge on any atom is 0.143 e. The summed E-state index contributed by atoms with van der Waals surface area (Å²) >= 11 is 0. The average molecular weight is 505 g/mol. The zero-order valence-corrected chi connectivity index (χ0v) is 21.7. The minimum Gasteiger partial charge on any atom is -0.378 e. The lowest BCUT2D eigenvalue weighted by Gasteiger charge is -2.30. The lowest BCUT2D eigenvalue weighted by molar-refractivity contribution is 0.122. The van der Waals surface area contributed by atoms with Gasteiger partial charge in [-0.25, -0.2) is 9.97 Å². The van der Waals surface area contributed by atoms with Gasteiger partial charge in [-0.3, -0.25) is 9.88 Å². The fourth-order valence-electron chi connectivity index (χ4n) is 6.27. The molecular weight excluding hydrogens is 464 g/mol. The van der Waals surface area contributed by atoms with Gasteiger partial charge in [0.05, 0.1) is 24.3 Å². The molecule has 1 aliphatic carbocycles. The Morgan fingerprint density at radius 3 is 2.73 bits per heavy atom. The molecule has 2 saturated heterocycles. The Kier molecular flexibility index (Phi) is 7.64. The first kappa shape index (κ1) is 24.7. The smallest absolute Gasteiger partial charge is 0.143 e. The quantitative estimate of drug-likeness (QED) is 0.451. The minimum atomic E-state index is 0.316. The third-order valence-corrected chi connectivity index (χ3v) is 8.30. The number of nitrogens with one attached hydrogen (secondary N) is 2. The predicted octanol–water partition coefficient (Wildman–Crippen LogP) is 2.93. The number of rotatable bonds is 7. The third kappa shape index (κ3) is 5.95. The van der Waals surface area contributed by atoms with Gasteiger partial charge < -0.3 is 25.7 Å². The first-order valence-corrected chi connectivity index (χ1v) is 14.0. The van der Waals surface area contributed by atoms with Crippen molar-refractivity contribution < 1.29 is 4.74 Å². The molecule has 0 amide bonds. The van der Waals surface area contributed by atoms with Crippen LogP contribution in [0.1, 0.15) is 61.4 Å². The van der Waals surface area contributed by atoms with Crippen LogP contribution in [-0.4, -0.2) is 76.3 Å². The Morgan fingerprint density at radius 2 is 1.89 bits per heavy atom. The summed E-state index contributed by atoms with van der Waals surface area (Å²) < 4.78 is 5.52. The number of hydrogen-bond donors (Lipinski definition) is 3. The molecule has 4 N–H and O–H groups in total. The summed E-state index contributed by atoms with van der Waals surface area (Å²) in [6.07, 6.45) is 10.7. The molecule has 37 heavy (non-hydrogen) atoms. The maximum absolute atomic E-state index is 6.16. The van der Waals surface area contributed by atoms with Crippen molar-refractivity contribution in [3.63, 3.8) is 0 Å². The normalized spacial score (nSPS) is 25.5. The van der Waals surface area contributed by atoms with E-state index >= 15 is 0 Å². The Bertz CT molecular complexity index is 1170. The molecule has 5 heterocycles. The molecule has 3 aliphatic rings. The number of morpholine rings is 1. The summed E-state index contributed by atoms with van der Waals surface area (Å²) in [6.45, 7) is 7.21. The molecule has 198 valence electrons. The summed E-state index contributed by atoms with van der Waals surface area (Å²) in [6, 6.07) is 7.55. The van der Waals surface area contributed by atoms with E-state index in [1.54, 1.807) is 6.33 Å². The maximum atomic E-state index is 6.16. The molecular formula is C28H40N8O. The van der Waals surface area contributed by atoms with Crippen LogP contribution in [0.5, 0.6) is 0 Å². The number of ether oxygens (including phenoxy) is 1. The molecule has 3 aromatic heterocycles. The number of aromatic amines is 1. The SMILES string of the molecule is N[C@@H]1CCCN(Cc2ccnc(CNC3CCC(c4cc5c(N6CCOCC6)ncnc5[nH]4)CC3)c2)C1. The number of nitrogens with zero attached hydrogens (tertiary/aromatic N) is 5. The molecule has 0 spiro atoms. The van der Waals surface area contributed by atoms with Crippen molar-refractivity contribution in [2.75, 3.05) is 44.3 Å². The van der Waals surface area contributed by atoms with Gasteiger partial charge in [0.2, 0.25) is 0 Å². The van der Waals surface area contributed by atoms with E-state index in [4.69, 9.17) is 10.5 Å². The van der Waals surface area contributed by atoms with Crippen LogP contribution in [0.4, 0.5) is 5.82 Å². The Morgan fingerprint density at radius 1 is 1.03 bits per heavy atom. The van der Waals surface area contributed by atoms with Crippen molar-refractivity contribution in [3.8, 4) is 0 Å². The van der Waals surface area contributed by atoms with Crippen LogP contribution < -0.4 is 16.0 Å². The van der Waals surface area contributed by atoms with Crippen LogP contribution in [0.2, 0.25) is 0 Å². The number of fused-ring (bicyclic) bond motifs is 1. The van der Waals surface area contributed by atoms with Gasteiger partial charge in [-0.2, -0.15) is 0 Å². The number of aromatic nitrogens is 4. The Labute approximate surface area is 219 Å². The first-order chi connectivity index (χ1) is 18.2. The highest BCUT2D eigenvalue weighted by atomic mass is 16.5. The van der Waals surface area contributed by atoms with Crippen LogP contribution in [0.3, 0.4) is 0 Å². The summed E-state index contributed by atoms with van der Waals surface area (Å²) in [5.41, 5.74) is 10.9. The van der Waals surface area contributed by atoms with Crippen molar-refractivity contribution in [1.82, 2.24) is 30.2 Å². The number of likely N-dealkylation sites (tertiary alicyclic amines) is 1. The molecule has 0 aromatic carbocycles. The van der Waals surface area contributed by atoms with Crippen LogP contribution in [-0.2, 0) is 17.8 Å². The molecule has 9 nitrogen and oxygen atoms in total. The van der Waals surface area contributed by atoms with E-state index in [1.807, 2.05) is 6.20 Å². The van der Waals surface area contributed by atoms with Gasteiger partial charge >= 0.3 is 0 Å². The van der Waals surface area contributed by atoms with Gasteiger partial charge in [-0.05, 0) is 74.8 Å². The van der Waals surface area contributed by atoms with Crippen LogP contribution in [0.15, 0.2) is 30.7 Å². The molecule has 0 unspecified atom stereocenters. The highest BCUT2D eigenvalue weighted by Crippen LogP contribution is 2.35. The standard InChI is InChI=1S/C28H40N8O/c29-22-2-1-9-35(18-22)17-20-7-8-30-24(14-20)16-31-23-5-3-21(4-6-23)26-15-25-27(34-26)32-19-33-28(25)36-10-12-37-13-11-36/h7-8,14-15,19,21-23,31H,1-6,9-13,16-18,29H2,(H,32,33,34)/t21?,22-,23?/m1/s1. The fourth-order valence-corrected chi connectivity index (χ4v) is 6.27. The van der Waals surface area contributed by atoms with Crippen LogP contribution in [0.25, 0.3) is 11.0 Å². The van der Waals surface area contributed by atoms with Crippen molar-refractivity contribution in [2.24, 2.45) is 5.73 Å². The van der Waals surface area contributed by atoms with Crippen molar-refractivity contribution in [1.29, 1.82) is 0 Å². The largest absolute Gasteiger partial charge is 0.378 e. The molecule has 9 heteroatoms. The number of hydrogen-bond acceptors (Lipinski definition) is 8. The second-order valence-corrected chi connectivity index (χ2v) is 11.0. The van der Waals surface area contributed by atoms with E-state index in [1.165, 1.54) is 43.4 Å². The Hall–Kier alpha value is -2.59. The zero-order chi connectivity index (χ0) is 25.0. The van der Waals surface area contributed by atoms with Gasteiger partial charge in [0.15, 0.2) is 0 Å². The zero-order valence-electron chi connectivity index (χ0n) is 21.7. The van der Waals surface area contributed by atoms with E-state index in [0.29, 0.717) is 18.0 Å². The summed E-state index contributed by atoms with van der Waals surface area (Å²) in [5.74, 6) is 1.58. The molecule has 1 atom stereocenters. The number of H-pyrrole nitrogens is 1. The van der Waals surface area contributed by atoms with Gasteiger partial charge in [-0.1, -0.05) is 0 Å². The third-order valence-electron chi connectivity index (χ3n) is 8.30. The molecule has 0 bridgehead atoms. The summed E-state index contributed by atoms with van der Waals surface area (Å²) in [5, 5.41) is 4.92. The molecule has 3 fully saturated rings. The monoisotopic (exact) mass is 504 g/mol. The van der Waals surface area contributed by atoms with E-state index < -0.39 is 0 Å². The van der Waals surface area contributed by atoms with Crippen LogP contribution >= 0.6 is 0 Å². The van der Waals surface area contributed by atoms with Gasteiger partial charge in [-0.15, -0.1) is 0 Å². The molecule has 2 aliphatic heterocycles. The summed E-state index contributed by atoms with van der Waals surface area (Å²) in [4.78, 5) is 22.2. The number of pyridine rings is 1. The van der Waals surface area contributed by atoms with E-state index in [-0.39, 0.29) is 0 Å². The predicted molar refractivity (Wildman–Crippen MR) is 145 cm³/mol. The first-order valence-electron chi connectivity index (χ1n) is 14.0. The Balaban J connectivity index is 1.02. The van der Waals surface area contributed by atoms with Crippen molar-refractivity contribution >= 4 is 16.9 Å². The minimum absolute atomic E-state index is 0.316. The lowest BCUT2D eigenvalue weighted by Crippen LogP contribution is -2.42. The average Bonchev–Trinajstić information content (AvgIpc) is 3.38. The van der Waals surface area contributed by atoms with Crippen molar-refractivity contribution in [3.05, 3.63) is 47.7 Å². The molecule has 6 rings (SSSR count). The summed E-state index contributed by atoms with van der Waals surface area (Å²) in [7, 11) is 0. The van der Waals surface area contributed by atoms with E-state index in [2.05, 4.69) is 53.3 Å². The van der Waals surface area contributed by atoms with E-state index in [9.17, 15) is 0 Å². The number of nitrogens with two attached hydrogens (primary N) is 1. The highest BCUT2D eigenvalue weighted by Gasteiger charge is 2.25. The lowest BCUT2D eigenvalue weighted by atomic mass is 9.84. The number of piperidine rings is 1. The second-order valence-electron chi connectivity index (χ2n) is 11.0. The molecule has 0 radical (unpaired) electrons. The molecule has 3 aromatic rings. The van der Waals surface area contributed by atoms with Crippen LogP contribution in [0, 0.1) is 0 Å². The fraction of sp³-hybridized carbons (Fsp3) is 0.607. The highest BCUT2D eigenvalue weighted by molar-refractivity contribution is 5.88. The number of anilines is 1.